The van der Waals surface area contributed by atoms with Gasteiger partial charge in [0.2, 0.25) is 0 Å². The van der Waals surface area contributed by atoms with Crippen LogP contribution in [0.4, 0.5) is 0 Å². The molecule has 0 bridgehead atoms. The topological polar surface area (TPSA) is 15.3 Å². The lowest BCUT2D eigenvalue weighted by Gasteiger charge is -2.36. The molecule has 0 atom stereocenters. The van der Waals surface area contributed by atoms with E-state index >= 15 is 0 Å². The van der Waals surface area contributed by atoms with Crippen LogP contribution in [-0.4, -0.2) is 29.1 Å². The molecule has 0 radical (unpaired) electrons. The van der Waals surface area contributed by atoms with Crippen molar-refractivity contribution < 1.29 is 0 Å². The molecule has 0 aromatic heterocycles. The summed E-state index contributed by atoms with van der Waals surface area (Å²) in [5.41, 5.74) is 0.149. The SMILES string of the molecule is CCCCNC(=S)N(C)C(C)(C)CC. The van der Waals surface area contributed by atoms with Gasteiger partial charge >= 0.3 is 0 Å². The highest BCUT2D eigenvalue weighted by molar-refractivity contribution is 7.80. The van der Waals surface area contributed by atoms with Crippen LogP contribution in [0.25, 0.3) is 0 Å². The molecule has 0 saturated heterocycles. The zero-order valence-corrected chi connectivity index (χ0v) is 11.0. The van der Waals surface area contributed by atoms with E-state index in [2.05, 4.69) is 45.0 Å². The zero-order valence-electron chi connectivity index (χ0n) is 10.2. The summed E-state index contributed by atoms with van der Waals surface area (Å²) >= 11 is 5.32. The Morgan fingerprint density at radius 3 is 2.36 bits per heavy atom. The van der Waals surface area contributed by atoms with Crippen molar-refractivity contribution in [3.8, 4) is 0 Å². The predicted octanol–water partition coefficient (Wildman–Crippen LogP) is 2.78. The number of nitrogens with one attached hydrogen (secondary N) is 1. The Morgan fingerprint density at radius 2 is 1.93 bits per heavy atom. The minimum absolute atomic E-state index is 0.149. The molecule has 84 valence electrons. The first-order valence-electron chi connectivity index (χ1n) is 5.47. The average Bonchev–Trinajstić information content (AvgIpc) is 2.17. The maximum Gasteiger partial charge on any atom is 0.169 e. The van der Waals surface area contributed by atoms with Crippen LogP contribution < -0.4 is 5.32 Å². The molecule has 0 heterocycles. The Kier molecular flexibility index (Phi) is 6.09. The molecule has 3 heteroatoms. The van der Waals surface area contributed by atoms with Crippen LogP contribution in [0.3, 0.4) is 0 Å². The summed E-state index contributed by atoms with van der Waals surface area (Å²) in [5, 5.41) is 4.15. The van der Waals surface area contributed by atoms with Crippen molar-refractivity contribution in [3.05, 3.63) is 0 Å². The third-order valence-corrected chi connectivity index (χ3v) is 3.30. The van der Waals surface area contributed by atoms with Gasteiger partial charge in [-0.3, -0.25) is 0 Å². The van der Waals surface area contributed by atoms with Crippen LogP contribution in [0.2, 0.25) is 0 Å². The summed E-state index contributed by atoms with van der Waals surface area (Å²) in [5.74, 6) is 0. The van der Waals surface area contributed by atoms with Gasteiger partial charge in [-0.25, -0.2) is 0 Å². The summed E-state index contributed by atoms with van der Waals surface area (Å²) < 4.78 is 0. The third-order valence-electron chi connectivity index (χ3n) is 2.88. The first-order chi connectivity index (χ1) is 6.45. The van der Waals surface area contributed by atoms with Crippen LogP contribution in [-0.2, 0) is 0 Å². The number of rotatable bonds is 5. The molecular weight excluding hydrogens is 192 g/mol. The Balaban J connectivity index is 3.99. The van der Waals surface area contributed by atoms with E-state index in [1.165, 1.54) is 12.8 Å². The van der Waals surface area contributed by atoms with Gasteiger partial charge in [-0.05, 0) is 38.9 Å². The number of thiocarbonyl (C=S) groups is 1. The minimum atomic E-state index is 0.149. The van der Waals surface area contributed by atoms with Crippen LogP contribution in [0.15, 0.2) is 0 Å². The summed E-state index contributed by atoms with van der Waals surface area (Å²) in [6.45, 7) is 9.77. The van der Waals surface area contributed by atoms with Gasteiger partial charge in [0.15, 0.2) is 5.11 Å². The van der Waals surface area contributed by atoms with Gasteiger partial charge in [0.1, 0.15) is 0 Å². The molecule has 0 amide bonds. The molecule has 0 aromatic carbocycles. The molecule has 0 aromatic rings. The highest BCUT2D eigenvalue weighted by Gasteiger charge is 2.22. The Hall–Kier alpha value is -0.310. The fourth-order valence-corrected chi connectivity index (χ4v) is 1.35. The van der Waals surface area contributed by atoms with Gasteiger partial charge in [0, 0.05) is 19.1 Å². The molecule has 0 unspecified atom stereocenters. The second-order valence-electron chi connectivity index (χ2n) is 4.31. The molecule has 1 N–H and O–H groups in total. The fraction of sp³-hybridized carbons (Fsp3) is 0.909. The van der Waals surface area contributed by atoms with E-state index in [-0.39, 0.29) is 5.54 Å². The van der Waals surface area contributed by atoms with Crippen molar-refractivity contribution in [3.63, 3.8) is 0 Å². The number of hydrogen-bond acceptors (Lipinski definition) is 1. The van der Waals surface area contributed by atoms with E-state index in [1.54, 1.807) is 0 Å². The van der Waals surface area contributed by atoms with E-state index in [0.29, 0.717) is 0 Å². The molecular formula is C11H24N2S. The second-order valence-corrected chi connectivity index (χ2v) is 4.70. The normalized spacial score (nSPS) is 11.2. The van der Waals surface area contributed by atoms with Gasteiger partial charge in [0.05, 0.1) is 0 Å². The highest BCUT2D eigenvalue weighted by atomic mass is 32.1. The average molecular weight is 216 g/mol. The Bertz CT molecular complexity index is 178. The smallest absolute Gasteiger partial charge is 0.169 e. The lowest BCUT2D eigenvalue weighted by Crippen LogP contribution is -2.49. The van der Waals surface area contributed by atoms with Crippen LogP contribution in [0.1, 0.15) is 47.0 Å². The van der Waals surface area contributed by atoms with E-state index < -0.39 is 0 Å². The van der Waals surface area contributed by atoms with E-state index in [1.807, 2.05) is 0 Å². The largest absolute Gasteiger partial charge is 0.363 e. The fourth-order valence-electron chi connectivity index (χ4n) is 1.00. The van der Waals surface area contributed by atoms with E-state index in [4.69, 9.17) is 12.2 Å². The van der Waals surface area contributed by atoms with Crippen molar-refractivity contribution in [1.82, 2.24) is 10.2 Å². The number of unbranched alkanes of at least 4 members (excludes halogenated alkanes) is 1. The molecule has 2 nitrogen and oxygen atoms in total. The van der Waals surface area contributed by atoms with Gasteiger partial charge in [-0.1, -0.05) is 20.3 Å². The van der Waals surface area contributed by atoms with Crippen molar-refractivity contribution in [2.75, 3.05) is 13.6 Å². The van der Waals surface area contributed by atoms with Crippen LogP contribution in [0, 0.1) is 0 Å². The maximum atomic E-state index is 5.32. The van der Waals surface area contributed by atoms with Gasteiger partial charge in [-0.15, -0.1) is 0 Å². The summed E-state index contributed by atoms with van der Waals surface area (Å²) in [6, 6.07) is 0. The lowest BCUT2D eigenvalue weighted by atomic mass is 10.0. The van der Waals surface area contributed by atoms with Crippen LogP contribution >= 0.6 is 12.2 Å². The summed E-state index contributed by atoms with van der Waals surface area (Å²) in [7, 11) is 2.06. The first kappa shape index (κ1) is 13.7. The summed E-state index contributed by atoms with van der Waals surface area (Å²) in [6.07, 6.45) is 3.48. The molecule has 0 fully saturated rings. The molecule has 0 saturated carbocycles. The molecule has 0 aliphatic rings. The van der Waals surface area contributed by atoms with Crippen molar-refractivity contribution in [1.29, 1.82) is 0 Å². The van der Waals surface area contributed by atoms with E-state index in [9.17, 15) is 0 Å². The first-order valence-corrected chi connectivity index (χ1v) is 5.88. The van der Waals surface area contributed by atoms with Crippen LogP contribution in [0.5, 0.6) is 0 Å². The van der Waals surface area contributed by atoms with Crippen molar-refractivity contribution in [2.45, 2.75) is 52.5 Å². The quantitative estimate of drug-likeness (QED) is 0.562. The molecule has 0 aliphatic carbocycles. The highest BCUT2D eigenvalue weighted by Crippen LogP contribution is 2.16. The van der Waals surface area contributed by atoms with Gasteiger partial charge < -0.3 is 10.2 Å². The molecule has 0 spiro atoms. The molecule has 0 rings (SSSR count). The maximum absolute atomic E-state index is 5.32. The minimum Gasteiger partial charge on any atom is -0.363 e. The van der Waals surface area contributed by atoms with Gasteiger partial charge in [0.25, 0.3) is 0 Å². The second kappa shape index (κ2) is 6.23. The number of nitrogens with zero attached hydrogens (tertiary/aromatic N) is 1. The monoisotopic (exact) mass is 216 g/mol. The molecule has 14 heavy (non-hydrogen) atoms. The Morgan fingerprint density at radius 1 is 1.36 bits per heavy atom. The van der Waals surface area contributed by atoms with Crippen molar-refractivity contribution in [2.24, 2.45) is 0 Å². The lowest BCUT2D eigenvalue weighted by molar-refractivity contribution is 0.243. The van der Waals surface area contributed by atoms with Crippen molar-refractivity contribution >= 4 is 17.3 Å². The number of hydrogen-bond donors (Lipinski definition) is 1. The van der Waals surface area contributed by atoms with E-state index in [0.717, 1.165) is 18.1 Å². The predicted molar refractivity (Wildman–Crippen MR) is 67.6 cm³/mol. The zero-order chi connectivity index (χ0) is 11.2. The standard InChI is InChI=1S/C11H24N2S/c1-6-8-9-12-10(14)13(5)11(3,4)7-2/h6-9H2,1-5H3,(H,12,14). The Labute approximate surface area is 94.1 Å². The molecule has 0 aliphatic heterocycles. The summed E-state index contributed by atoms with van der Waals surface area (Å²) in [4.78, 5) is 2.15. The third kappa shape index (κ3) is 4.27. The van der Waals surface area contributed by atoms with Gasteiger partial charge in [-0.2, -0.15) is 0 Å².